The molecule has 8 nitrogen and oxygen atoms in total. The molecular weight excluding hydrogens is 210 g/mol. The van der Waals surface area contributed by atoms with Crippen molar-refractivity contribution in [2.75, 3.05) is 13.2 Å². The third-order valence-electron chi connectivity index (χ3n) is 1.13. The van der Waals surface area contributed by atoms with Gasteiger partial charge in [-0.2, -0.15) is 0 Å². The normalized spacial score (nSPS) is 11.5. The van der Waals surface area contributed by atoms with Crippen LogP contribution >= 0.6 is 0 Å². The van der Waals surface area contributed by atoms with Gasteiger partial charge in [0.1, 0.15) is 12.1 Å². The minimum absolute atomic E-state index is 0.365. The van der Waals surface area contributed by atoms with E-state index in [2.05, 4.69) is 0 Å². The molecule has 0 aliphatic carbocycles. The summed E-state index contributed by atoms with van der Waals surface area (Å²) in [4.78, 5) is 19.6. The van der Waals surface area contributed by atoms with Crippen molar-refractivity contribution in [1.29, 1.82) is 0 Å². The average Bonchev–Trinajstić information content (AvgIpc) is 2.16. The zero-order valence-electron chi connectivity index (χ0n) is 7.91. The van der Waals surface area contributed by atoms with Gasteiger partial charge in [0.15, 0.2) is 0 Å². The van der Waals surface area contributed by atoms with Crippen molar-refractivity contribution in [3.63, 3.8) is 0 Å². The summed E-state index contributed by atoms with van der Waals surface area (Å²) in [5.74, 6) is -2.50. The van der Waals surface area contributed by atoms with Gasteiger partial charge in [-0.15, -0.1) is 0 Å². The maximum atomic E-state index is 9.85. The largest absolute Gasteiger partial charge is 0.481 e. The van der Waals surface area contributed by atoms with Crippen molar-refractivity contribution in [3.8, 4) is 0 Å². The number of hydrogen-bond donors (Lipinski definition) is 6. The lowest BCUT2D eigenvalue weighted by Gasteiger charge is -1.99. The molecule has 0 aliphatic heterocycles. The maximum absolute atomic E-state index is 9.85. The molecule has 0 radical (unpaired) electrons. The number of carboxylic acids is 2. The summed E-state index contributed by atoms with van der Waals surface area (Å²) < 4.78 is 0. The molecule has 0 saturated heterocycles. The number of rotatable bonds is 5. The number of hydrogen-bond acceptors (Lipinski definition) is 6. The first kappa shape index (κ1) is 16.2. The van der Waals surface area contributed by atoms with E-state index in [1.165, 1.54) is 0 Å². The lowest BCUT2D eigenvalue weighted by molar-refractivity contribution is -0.144. The van der Waals surface area contributed by atoms with Gasteiger partial charge in [0, 0.05) is 0 Å². The molecule has 0 aromatic heterocycles. The Balaban J connectivity index is 0. The van der Waals surface area contributed by atoms with Gasteiger partial charge in [-0.3, -0.25) is 9.59 Å². The molecule has 0 saturated carbocycles. The lowest BCUT2D eigenvalue weighted by atomic mass is 10.2. The molecule has 0 aromatic rings. The molecule has 90 valence electrons. The van der Waals surface area contributed by atoms with Crippen LogP contribution in [-0.4, -0.2) is 62.8 Å². The Morgan fingerprint density at radius 3 is 1.60 bits per heavy atom. The van der Waals surface area contributed by atoms with Crippen LogP contribution in [0.3, 0.4) is 0 Å². The molecule has 15 heavy (non-hydrogen) atoms. The first-order chi connectivity index (χ1) is 6.84. The first-order valence-electron chi connectivity index (χ1n) is 3.95. The molecule has 1 atom stereocenters. The molecule has 0 heterocycles. The number of aliphatic hydroxyl groups is 3. The van der Waals surface area contributed by atoms with Crippen LogP contribution in [0.1, 0.15) is 6.42 Å². The van der Waals surface area contributed by atoms with Crippen molar-refractivity contribution in [2.45, 2.75) is 18.6 Å². The Bertz CT molecular complexity index is 192. The highest BCUT2D eigenvalue weighted by Crippen LogP contribution is 1.86. The van der Waals surface area contributed by atoms with E-state index < -0.39 is 30.5 Å². The Kier molecular flexibility index (Phi) is 10.1. The molecule has 0 aromatic carbocycles. The van der Waals surface area contributed by atoms with E-state index in [0.29, 0.717) is 0 Å². The number of aliphatic hydroxyl groups excluding tert-OH is 3. The summed E-state index contributed by atoms with van der Waals surface area (Å²) in [7, 11) is 0. The van der Waals surface area contributed by atoms with E-state index in [9.17, 15) is 9.59 Å². The molecular formula is C7H15NO7. The van der Waals surface area contributed by atoms with E-state index >= 15 is 0 Å². The van der Waals surface area contributed by atoms with Gasteiger partial charge in [-0.05, 0) is 0 Å². The second kappa shape index (κ2) is 9.34. The molecule has 8 heteroatoms. The van der Waals surface area contributed by atoms with Gasteiger partial charge >= 0.3 is 11.9 Å². The number of aliphatic carboxylic acids is 2. The van der Waals surface area contributed by atoms with Crippen molar-refractivity contribution in [1.82, 2.24) is 0 Å². The fourth-order valence-corrected chi connectivity index (χ4v) is 0.333. The second-order valence-corrected chi connectivity index (χ2v) is 2.56. The van der Waals surface area contributed by atoms with Crippen LogP contribution in [0, 0.1) is 0 Å². The summed E-state index contributed by atoms with van der Waals surface area (Å²) in [6.07, 6.45) is -1.49. The fourth-order valence-electron chi connectivity index (χ4n) is 0.333. The summed E-state index contributed by atoms with van der Waals surface area (Å²) in [6.45, 7) is -0.729. The number of nitrogens with two attached hydrogens (primary N) is 1. The standard InChI is InChI=1S/C4H7NO4.C3H8O3/c5-2(4(8)9)1-3(6)7;4-1-3(6)2-5/h2H,1,5H2,(H,6,7)(H,8,9);3-6H,1-2H2/t2-;/m0./s1. The van der Waals surface area contributed by atoms with Gasteiger partial charge in [-0.25, -0.2) is 0 Å². The van der Waals surface area contributed by atoms with Crippen LogP contribution in [-0.2, 0) is 9.59 Å². The monoisotopic (exact) mass is 225 g/mol. The van der Waals surface area contributed by atoms with Gasteiger partial charge in [0.05, 0.1) is 19.6 Å². The Morgan fingerprint density at radius 2 is 1.53 bits per heavy atom. The van der Waals surface area contributed by atoms with Crippen LogP contribution in [0.4, 0.5) is 0 Å². The molecule has 0 amide bonds. The topological polar surface area (TPSA) is 161 Å². The SMILES string of the molecule is N[C@@H](CC(=O)O)C(=O)O.OCC(O)CO. The minimum Gasteiger partial charge on any atom is -0.481 e. The second-order valence-electron chi connectivity index (χ2n) is 2.56. The zero-order chi connectivity index (χ0) is 12.4. The van der Waals surface area contributed by atoms with Crippen LogP contribution in [0.2, 0.25) is 0 Å². The molecule has 7 N–H and O–H groups in total. The first-order valence-corrected chi connectivity index (χ1v) is 3.95. The number of carboxylic acid groups (broad SMARTS) is 2. The third-order valence-corrected chi connectivity index (χ3v) is 1.13. The van der Waals surface area contributed by atoms with E-state index in [1.807, 2.05) is 0 Å². The van der Waals surface area contributed by atoms with Gasteiger partial charge in [0.2, 0.25) is 0 Å². The molecule has 0 fully saturated rings. The van der Waals surface area contributed by atoms with Crippen molar-refractivity contribution in [3.05, 3.63) is 0 Å². The van der Waals surface area contributed by atoms with E-state index in [4.69, 9.17) is 31.3 Å². The summed E-state index contributed by atoms with van der Waals surface area (Å²) in [5, 5.41) is 40.0. The summed E-state index contributed by atoms with van der Waals surface area (Å²) in [6, 6.07) is -1.29. The fraction of sp³-hybridized carbons (Fsp3) is 0.714. The minimum atomic E-state index is -1.29. The molecule has 0 unspecified atom stereocenters. The van der Waals surface area contributed by atoms with E-state index in [0.717, 1.165) is 0 Å². The molecule has 0 bridgehead atoms. The highest BCUT2D eigenvalue weighted by atomic mass is 16.4. The Labute approximate surface area is 85.6 Å². The van der Waals surface area contributed by atoms with Crippen LogP contribution in [0.5, 0.6) is 0 Å². The summed E-state index contributed by atoms with van der Waals surface area (Å²) in [5.41, 5.74) is 4.84. The van der Waals surface area contributed by atoms with Crippen LogP contribution < -0.4 is 5.73 Å². The highest BCUT2D eigenvalue weighted by molar-refractivity contribution is 5.80. The highest BCUT2D eigenvalue weighted by Gasteiger charge is 2.14. The predicted octanol–water partition coefficient (Wildman–Crippen LogP) is -2.80. The number of carbonyl (C=O) groups is 2. The maximum Gasteiger partial charge on any atom is 0.321 e. The van der Waals surface area contributed by atoms with Gasteiger partial charge in [-0.1, -0.05) is 0 Å². The van der Waals surface area contributed by atoms with Crippen molar-refractivity contribution in [2.24, 2.45) is 5.73 Å². The molecule has 0 spiro atoms. The summed E-state index contributed by atoms with van der Waals surface area (Å²) >= 11 is 0. The quantitative estimate of drug-likeness (QED) is 0.292. The smallest absolute Gasteiger partial charge is 0.321 e. The Hall–Kier alpha value is -1.22. The van der Waals surface area contributed by atoms with Crippen molar-refractivity contribution < 1.29 is 35.1 Å². The predicted molar refractivity (Wildman–Crippen MR) is 48.0 cm³/mol. The lowest BCUT2D eigenvalue weighted by Crippen LogP contribution is -2.32. The third kappa shape index (κ3) is 12.8. The molecule has 0 rings (SSSR count). The average molecular weight is 225 g/mol. The van der Waals surface area contributed by atoms with Crippen molar-refractivity contribution >= 4 is 11.9 Å². The van der Waals surface area contributed by atoms with Crippen LogP contribution in [0.15, 0.2) is 0 Å². The Morgan fingerprint density at radius 1 is 1.13 bits per heavy atom. The zero-order valence-corrected chi connectivity index (χ0v) is 7.91. The molecule has 0 aliphatic rings. The van der Waals surface area contributed by atoms with E-state index in [-0.39, 0.29) is 13.2 Å². The van der Waals surface area contributed by atoms with E-state index in [1.54, 1.807) is 0 Å². The van der Waals surface area contributed by atoms with Gasteiger partial charge in [0.25, 0.3) is 0 Å². The van der Waals surface area contributed by atoms with Crippen LogP contribution in [0.25, 0.3) is 0 Å². The van der Waals surface area contributed by atoms with Gasteiger partial charge < -0.3 is 31.3 Å².